The minimum atomic E-state index is -0.166. The first kappa shape index (κ1) is 15.7. The molecule has 0 bridgehead atoms. The third-order valence-corrected chi connectivity index (χ3v) is 4.67. The molecule has 25 heavy (non-hydrogen) atoms. The number of amides is 1. The molecule has 0 saturated heterocycles. The van der Waals surface area contributed by atoms with Gasteiger partial charge < -0.3 is 9.88 Å². The molecule has 1 amide bonds. The van der Waals surface area contributed by atoms with Crippen molar-refractivity contribution in [2.45, 2.75) is 13.5 Å². The van der Waals surface area contributed by atoms with Crippen LogP contribution >= 0.6 is 11.6 Å². The lowest BCUT2D eigenvalue weighted by Gasteiger charge is -2.07. The lowest BCUT2D eigenvalue weighted by molar-refractivity contribution is 0.102. The Bertz CT molecular complexity index is 1100. The maximum Gasteiger partial charge on any atom is 0.255 e. The number of nitrogens with zero attached hydrogens (tertiary/aromatic N) is 1. The highest BCUT2D eigenvalue weighted by atomic mass is 35.5. The Balaban J connectivity index is 1.76. The molecule has 1 heterocycles. The molecule has 0 saturated carbocycles. The summed E-state index contributed by atoms with van der Waals surface area (Å²) in [7, 11) is 0. The SMILES string of the molecule is CCn1c2ccccc2c2cc(NC(=O)c3cccc(Cl)c3)ccc21. The molecule has 0 spiro atoms. The Morgan fingerprint density at radius 3 is 2.56 bits per heavy atom. The van der Waals surface area contributed by atoms with E-state index in [1.54, 1.807) is 24.3 Å². The number of rotatable bonds is 3. The van der Waals surface area contributed by atoms with Crippen LogP contribution in [0.25, 0.3) is 21.8 Å². The monoisotopic (exact) mass is 348 g/mol. The first-order valence-corrected chi connectivity index (χ1v) is 8.63. The van der Waals surface area contributed by atoms with Gasteiger partial charge in [0.1, 0.15) is 0 Å². The molecule has 0 unspecified atom stereocenters. The van der Waals surface area contributed by atoms with E-state index in [2.05, 4.69) is 41.1 Å². The Kier molecular flexibility index (Phi) is 3.94. The standard InChI is InChI=1S/C21H17ClN2O/c1-2-24-19-9-4-3-8-17(19)18-13-16(10-11-20(18)24)23-21(25)14-6-5-7-15(22)12-14/h3-13H,2H2,1H3,(H,23,25). The van der Waals surface area contributed by atoms with Gasteiger partial charge in [0.15, 0.2) is 0 Å². The van der Waals surface area contributed by atoms with E-state index in [0.29, 0.717) is 10.6 Å². The molecule has 4 rings (SSSR count). The minimum absolute atomic E-state index is 0.166. The lowest BCUT2D eigenvalue weighted by atomic mass is 10.1. The van der Waals surface area contributed by atoms with E-state index in [0.717, 1.165) is 17.6 Å². The minimum Gasteiger partial charge on any atom is -0.341 e. The quantitative estimate of drug-likeness (QED) is 0.504. The van der Waals surface area contributed by atoms with Crippen molar-refractivity contribution in [1.82, 2.24) is 4.57 Å². The van der Waals surface area contributed by atoms with E-state index in [1.165, 1.54) is 16.4 Å². The van der Waals surface area contributed by atoms with Crippen molar-refractivity contribution in [1.29, 1.82) is 0 Å². The Hall–Kier alpha value is -2.78. The molecule has 1 aromatic heterocycles. The first-order valence-electron chi connectivity index (χ1n) is 8.25. The summed E-state index contributed by atoms with van der Waals surface area (Å²) in [6.45, 7) is 3.04. The normalized spacial score (nSPS) is 11.1. The van der Waals surface area contributed by atoms with E-state index < -0.39 is 0 Å². The lowest BCUT2D eigenvalue weighted by Crippen LogP contribution is -2.11. The molecule has 0 aliphatic carbocycles. The third kappa shape index (κ3) is 2.77. The topological polar surface area (TPSA) is 34.0 Å². The number of aromatic nitrogens is 1. The van der Waals surface area contributed by atoms with Gasteiger partial charge in [-0.2, -0.15) is 0 Å². The van der Waals surface area contributed by atoms with Gasteiger partial charge in [0.2, 0.25) is 0 Å². The van der Waals surface area contributed by atoms with Crippen molar-refractivity contribution >= 4 is 45.0 Å². The molecule has 0 aliphatic rings. The summed E-state index contributed by atoms with van der Waals surface area (Å²) < 4.78 is 2.28. The predicted octanol–water partition coefficient (Wildman–Crippen LogP) is 5.72. The van der Waals surface area contributed by atoms with Crippen LogP contribution in [0.15, 0.2) is 66.7 Å². The van der Waals surface area contributed by atoms with Crippen LogP contribution in [0.2, 0.25) is 5.02 Å². The number of benzene rings is 3. The number of halogens is 1. The smallest absolute Gasteiger partial charge is 0.255 e. The van der Waals surface area contributed by atoms with E-state index in [1.807, 2.05) is 18.2 Å². The average Bonchev–Trinajstić information content (AvgIpc) is 2.95. The summed E-state index contributed by atoms with van der Waals surface area (Å²) in [5.41, 5.74) is 3.70. The van der Waals surface area contributed by atoms with Crippen molar-refractivity contribution in [2.24, 2.45) is 0 Å². The second kappa shape index (κ2) is 6.26. The Morgan fingerprint density at radius 1 is 0.960 bits per heavy atom. The molecular formula is C21H17ClN2O. The number of para-hydroxylation sites is 1. The van der Waals surface area contributed by atoms with Crippen molar-refractivity contribution in [3.63, 3.8) is 0 Å². The van der Waals surface area contributed by atoms with Crippen LogP contribution in [0, 0.1) is 0 Å². The van der Waals surface area contributed by atoms with Gasteiger partial charge >= 0.3 is 0 Å². The van der Waals surface area contributed by atoms with E-state index in [9.17, 15) is 4.79 Å². The fourth-order valence-corrected chi connectivity index (χ4v) is 3.50. The van der Waals surface area contributed by atoms with E-state index in [-0.39, 0.29) is 5.91 Å². The molecular weight excluding hydrogens is 332 g/mol. The number of carbonyl (C=O) groups is 1. The molecule has 3 nitrogen and oxygen atoms in total. The van der Waals surface area contributed by atoms with Gasteiger partial charge in [0.25, 0.3) is 5.91 Å². The molecule has 0 atom stereocenters. The highest BCUT2D eigenvalue weighted by Crippen LogP contribution is 2.31. The van der Waals surface area contributed by atoms with Crippen LogP contribution < -0.4 is 5.32 Å². The molecule has 4 aromatic rings. The summed E-state index contributed by atoms with van der Waals surface area (Å²) in [5, 5.41) is 5.85. The summed E-state index contributed by atoms with van der Waals surface area (Å²) in [5.74, 6) is -0.166. The predicted molar refractivity (Wildman–Crippen MR) is 105 cm³/mol. The van der Waals surface area contributed by atoms with Crippen LogP contribution in [-0.2, 0) is 6.54 Å². The second-order valence-corrected chi connectivity index (χ2v) is 6.39. The molecule has 0 fully saturated rings. The summed E-state index contributed by atoms with van der Waals surface area (Å²) in [4.78, 5) is 12.5. The van der Waals surface area contributed by atoms with Gasteiger partial charge in [0, 0.05) is 44.6 Å². The molecule has 4 heteroatoms. The van der Waals surface area contributed by atoms with Gasteiger partial charge in [-0.1, -0.05) is 35.9 Å². The van der Waals surface area contributed by atoms with Gasteiger partial charge in [-0.05, 0) is 49.4 Å². The van der Waals surface area contributed by atoms with Crippen LogP contribution in [0.3, 0.4) is 0 Å². The van der Waals surface area contributed by atoms with Crippen LogP contribution in [0.5, 0.6) is 0 Å². The zero-order valence-electron chi connectivity index (χ0n) is 13.8. The molecule has 0 aliphatic heterocycles. The molecule has 3 aromatic carbocycles. The largest absolute Gasteiger partial charge is 0.341 e. The summed E-state index contributed by atoms with van der Waals surface area (Å²) in [6, 6.07) is 21.3. The number of carbonyl (C=O) groups excluding carboxylic acids is 1. The summed E-state index contributed by atoms with van der Waals surface area (Å²) in [6.07, 6.45) is 0. The van der Waals surface area contributed by atoms with Crippen LogP contribution in [-0.4, -0.2) is 10.5 Å². The number of hydrogen-bond donors (Lipinski definition) is 1. The van der Waals surface area contributed by atoms with Gasteiger partial charge in [-0.25, -0.2) is 0 Å². The molecule has 1 N–H and O–H groups in total. The Morgan fingerprint density at radius 2 is 1.76 bits per heavy atom. The summed E-state index contributed by atoms with van der Waals surface area (Å²) >= 11 is 5.97. The maximum atomic E-state index is 12.5. The van der Waals surface area contributed by atoms with Gasteiger partial charge in [0.05, 0.1) is 0 Å². The third-order valence-electron chi connectivity index (χ3n) is 4.43. The van der Waals surface area contributed by atoms with Crippen LogP contribution in [0.1, 0.15) is 17.3 Å². The van der Waals surface area contributed by atoms with Crippen molar-refractivity contribution in [3.05, 3.63) is 77.3 Å². The average molecular weight is 349 g/mol. The first-order chi connectivity index (χ1) is 12.2. The zero-order chi connectivity index (χ0) is 17.4. The highest BCUT2D eigenvalue weighted by molar-refractivity contribution is 6.31. The number of anilines is 1. The highest BCUT2D eigenvalue weighted by Gasteiger charge is 2.11. The number of hydrogen-bond acceptors (Lipinski definition) is 1. The van der Waals surface area contributed by atoms with Gasteiger partial charge in [-0.3, -0.25) is 4.79 Å². The fourth-order valence-electron chi connectivity index (χ4n) is 3.31. The maximum absolute atomic E-state index is 12.5. The second-order valence-electron chi connectivity index (χ2n) is 5.96. The fraction of sp³-hybridized carbons (Fsp3) is 0.0952. The molecule has 124 valence electrons. The van der Waals surface area contributed by atoms with Crippen molar-refractivity contribution in [3.8, 4) is 0 Å². The Labute approximate surface area is 150 Å². The van der Waals surface area contributed by atoms with Gasteiger partial charge in [-0.15, -0.1) is 0 Å². The number of fused-ring (bicyclic) bond motifs is 3. The zero-order valence-corrected chi connectivity index (χ0v) is 14.5. The van der Waals surface area contributed by atoms with Crippen molar-refractivity contribution < 1.29 is 4.79 Å². The van der Waals surface area contributed by atoms with Crippen LogP contribution in [0.4, 0.5) is 5.69 Å². The van der Waals surface area contributed by atoms with E-state index in [4.69, 9.17) is 11.6 Å². The number of aryl methyl sites for hydroxylation is 1. The molecule has 0 radical (unpaired) electrons. The van der Waals surface area contributed by atoms with Crippen molar-refractivity contribution in [2.75, 3.05) is 5.32 Å². The number of nitrogens with one attached hydrogen (secondary N) is 1. The van der Waals surface area contributed by atoms with E-state index >= 15 is 0 Å².